The molecule has 1 fully saturated rings. The Bertz CT molecular complexity index is 696. The average molecular weight is 312 g/mol. The lowest BCUT2D eigenvalue weighted by atomic mass is 10.1. The first-order valence-corrected chi connectivity index (χ1v) is 7.76. The van der Waals surface area contributed by atoms with Gasteiger partial charge in [0.2, 0.25) is 5.91 Å². The number of aryl methyl sites for hydroxylation is 1. The van der Waals surface area contributed by atoms with Crippen LogP contribution in [0.15, 0.2) is 36.5 Å². The fraction of sp³-hybridized carbons (Fsp3) is 0.353. The third-order valence-electron chi connectivity index (χ3n) is 4.02. The number of nitrogens with zero attached hydrogens (tertiary/aromatic N) is 3. The number of aromatic nitrogens is 2. The predicted molar refractivity (Wildman–Crippen MR) is 86.0 cm³/mol. The van der Waals surface area contributed by atoms with Gasteiger partial charge in [-0.05, 0) is 18.9 Å². The van der Waals surface area contributed by atoms with Crippen molar-refractivity contribution >= 4 is 11.8 Å². The number of rotatable bonds is 4. The SMILES string of the molecule is Cc1cnc(C(=O)N2CCN(CCc3ccccc3)C(=O)C2)[nH]1. The lowest BCUT2D eigenvalue weighted by Gasteiger charge is -2.34. The molecule has 1 aromatic heterocycles. The molecule has 3 rings (SSSR count). The highest BCUT2D eigenvalue weighted by molar-refractivity contribution is 5.94. The molecule has 0 atom stereocenters. The molecule has 0 unspecified atom stereocenters. The Morgan fingerprint density at radius 1 is 1.26 bits per heavy atom. The average Bonchev–Trinajstić information content (AvgIpc) is 3.00. The molecular formula is C17H20N4O2. The summed E-state index contributed by atoms with van der Waals surface area (Å²) in [5.74, 6) is 0.0750. The standard InChI is InChI=1S/C17H20N4O2/c1-13-11-18-16(19-13)17(23)21-10-9-20(15(22)12-21)8-7-14-5-3-2-4-6-14/h2-6,11H,7-10,12H2,1H3,(H,18,19). The summed E-state index contributed by atoms with van der Waals surface area (Å²) in [5, 5.41) is 0. The molecular weight excluding hydrogens is 292 g/mol. The Kier molecular flexibility index (Phi) is 4.41. The van der Waals surface area contributed by atoms with Gasteiger partial charge in [0.05, 0.1) is 0 Å². The van der Waals surface area contributed by atoms with Crippen LogP contribution in [0.25, 0.3) is 0 Å². The quantitative estimate of drug-likeness (QED) is 0.923. The molecule has 23 heavy (non-hydrogen) atoms. The van der Waals surface area contributed by atoms with Gasteiger partial charge in [-0.1, -0.05) is 30.3 Å². The Balaban J connectivity index is 1.55. The van der Waals surface area contributed by atoms with Crippen molar-refractivity contribution < 1.29 is 9.59 Å². The smallest absolute Gasteiger partial charge is 0.290 e. The number of imidazole rings is 1. The molecule has 6 heteroatoms. The first kappa shape index (κ1) is 15.3. The van der Waals surface area contributed by atoms with E-state index in [2.05, 4.69) is 22.1 Å². The van der Waals surface area contributed by atoms with Crippen LogP contribution in [0.5, 0.6) is 0 Å². The number of amides is 2. The molecule has 6 nitrogen and oxygen atoms in total. The third-order valence-corrected chi connectivity index (χ3v) is 4.02. The van der Waals surface area contributed by atoms with Crippen LogP contribution in [0.1, 0.15) is 21.9 Å². The molecule has 1 saturated heterocycles. The molecule has 1 N–H and O–H groups in total. The van der Waals surface area contributed by atoms with Crippen molar-refractivity contribution in [2.24, 2.45) is 0 Å². The lowest BCUT2D eigenvalue weighted by Crippen LogP contribution is -2.52. The first-order chi connectivity index (χ1) is 11.1. The Hall–Kier alpha value is -2.63. The molecule has 1 aliphatic heterocycles. The summed E-state index contributed by atoms with van der Waals surface area (Å²) in [6.07, 6.45) is 2.45. The van der Waals surface area contributed by atoms with Crippen molar-refractivity contribution in [1.82, 2.24) is 19.8 Å². The van der Waals surface area contributed by atoms with Crippen molar-refractivity contribution in [3.63, 3.8) is 0 Å². The molecule has 0 spiro atoms. The zero-order valence-electron chi connectivity index (χ0n) is 13.2. The number of hydrogen-bond acceptors (Lipinski definition) is 3. The van der Waals surface area contributed by atoms with E-state index in [1.54, 1.807) is 11.1 Å². The summed E-state index contributed by atoms with van der Waals surface area (Å²) in [7, 11) is 0. The van der Waals surface area contributed by atoms with E-state index in [9.17, 15) is 9.59 Å². The van der Waals surface area contributed by atoms with Crippen LogP contribution in [-0.4, -0.2) is 57.8 Å². The molecule has 120 valence electrons. The van der Waals surface area contributed by atoms with Crippen molar-refractivity contribution in [2.75, 3.05) is 26.2 Å². The van der Waals surface area contributed by atoms with Crippen molar-refractivity contribution in [1.29, 1.82) is 0 Å². The Labute approximate surface area is 135 Å². The van der Waals surface area contributed by atoms with Crippen LogP contribution in [-0.2, 0) is 11.2 Å². The maximum atomic E-state index is 12.3. The van der Waals surface area contributed by atoms with Gasteiger partial charge in [0.15, 0.2) is 5.82 Å². The topological polar surface area (TPSA) is 69.3 Å². The zero-order chi connectivity index (χ0) is 16.2. The Morgan fingerprint density at radius 3 is 2.70 bits per heavy atom. The molecule has 2 aromatic rings. The summed E-state index contributed by atoms with van der Waals surface area (Å²) in [6.45, 7) is 3.75. The van der Waals surface area contributed by atoms with E-state index in [-0.39, 0.29) is 18.4 Å². The summed E-state index contributed by atoms with van der Waals surface area (Å²) in [5.41, 5.74) is 2.05. The van der Waals surface area contributed by atoms with E-state index in [4.69, 9.17) is 0 Å². The highest BCUT2D eigenvalue weighted by atomic mass is 16.2. The van der Waals surface area contributed by atoms with E-state index >= 15 is 0 Å². The fourth-order valence-corrected chi connectivity index (χ4v) is 2.70. The largest absolute Gasteiger partial charge is 0.339 e. The number of hydrogen-bond donors (Lipinski definition) is 1. The van der Waals surface area contributed by atoms with Crippen molar-refractivity contribution in [3.8, 4) is 0 Å². The second-order valence-corrected chi connectivity index (χ2v) is 5.76. The monoisotopic (exact) mass is 312 g/mol. The van der Waals surface area contributed by atoms with Crippen LogP contribution in [0.4, 0.5) is 0 Å². The molecule has 1 aromatic carbocycles. The van der Waals surface area contributed by atoms with Crippen molar-refractivity contribution in [3.05, 3.63) is 53.6 Å². The van der Waals surface area contributed by atoms with Gasteiger partial charge in [0.1, 0.15) is 6.54 Å². The number of nitrogens with one attached hydrogen (secondary N) is 1. The number of H-pyrrole nitrogens is 1. The summed E-state index contributed by atoms with van der Waals surface area (Å²) >= 11 is 0. The second kappa shape index (κ2) is 6.64. The number of aromatic amines is 1. The molecule has 0 saturated carbocycles. The van der Waals surface area contributed by atoms with Crippen LogP contribution in [0.3, 0.4) is 0 Å². The first-order valence-electron chi connectivity index (χ1n) is 7.76. The summed E-state index contributed by atoms with van der Waals surface area (Å²) < 4.78 is 0. The van der Waals surface area contributed by atoms with Gasteiger partial charge in [-0.3, -0.25) is 9.59 Å². The number of benzene rings is 1. The molecule has 0 radical (unpaired) electrons. The predicted octanol–water partition coefficient (Wildman–Crippen LogP) is 1.25. The van der Waals surface area contributed by atoms with Gasteiger partial charge in [0, 0.05) is 31.5 Å². The normalized spacial score (nSPS) is 15.1. The minimum atomic E-state index is -0.214. The van der Waals surface area contributed by atoms with Gasteiger partial charge in [-0.25, -0.2) is 4.98 Å². The minimum Gasteiger partial charge on any atom is -0.339 e. The van der Waals surface area contributed by atoms with Gasteiger partial charge in [-0.15, -0.1) is 0 Å². The van der Waals surface area contributed by atoms with Crippen LogP contribution >= 0.6 is 0 Å². The maximum absolute atomic E-state index is 12.3. The fourth-order valence-electron chi connectivity index (χ4n) is 2.70. The van der Waals surface area contributed by atoms with Gasteiger partial charge in [0.25, 0.3) is 5.91 Å². The number of carbonyl (C=O) groups is 2. The van der Waals surface area contributed by atoms with Gasteiger partial charge in [-0.2, -0.15) is 0 Å². The van der Waals surface area contributed by atoms with E-state index in [1.165, 1.54) is 5.56 Å². The summed E-state index contributed by atoms with van der Waals surface area (Å²) in [4.78, 5) is 34.9. The number of carbonyl (C=O) groups excluding carboxylic acids is 2. The highest BCUT2D eigenvalue weighted by Crippen LogP contribution is 2.09. The van der Waals surface area contributed by atoms with Gasteiger partial charge >= 0.3 is 0 Å². The van der Waals surface area contributed by atoms with Crippen molar-refractivity contribution in [2.45, 2.75) is 13.3 Å². The van der Waals surface area contributed by atoms with E-state index < -0.39 is 0 Å². The highest BCUT2D eigenvalue weighted by Gasteiger charge is 2.28. The van der Waals surface area contributed by atoms with Gasteiger partial charge < -0.3 is 14.8 Å². The van der Waals surface area contributed by atoms with Crippen LogP contribution in [0, 0.1) is 6.92 Å². The molecule has 2 amide bonds. The minimum absolute atomic E-state index is 0.0104. The summed E-state index contributed by atoms with van der Waals surface area (Å²) in [6, 6.07) is 10.1. The molecule has 1 aliphatic rings. The van der Waals surface area contributed by atoms with Crippen LogP contribution < -0.4 is 0 Å². The number of piperazine rings is 1. The van der Waals surface area contributed by atoms with E-state index in [0.29, 0.717) is 25.5 Å². The van der Waals surface area contributed by atoms with E-state index in [1.807, 2.05) is 30.0 Å². The second-order valence-electron chi connectivity index (χ2n) is 5.76. The third kappa shape index (κ3) is 3.59. The molecule has 0 aliphatic carbocycles. The maximum Gasteiger partial charge on any atom is 0.290 e. The van der Waals surface area contributed by atoms with E-state index in [0.717, 1.165) is 12.1 Å². The zero-order valence-corrected chi connectivity index (χ0v) is 13.2. The molecule has 2 heterocycles. The molecule has 0 bridgehead atoms. The lowest BCUT2D eigenvalue weighted by molar-refractivity contribution is -0.134. The van der Waals surface area contributed by atoms with Crippen LogP contribution in [0.2, 0.25) is 0 Å². The Morgan fingerprint density at radius 2 is 2.04 bits per heavy atom.